The summed E-state index contributed by atoms with van der Waals surface area (Å²) in [5.41, 5.74) is 0.994. The zero-order chi connectivity index (χ0) is 13.0. The van der Waals surface area contributed by atoms with E-state index in [1.807, 2.05) is 13.1 Å². The van der Waals surface area contributed by atoms with Crippen LogP contribution in [0.2, 0.25) is 5.02 Å². The van der Waals surface area contributed by atoms with Gasteiger partial charge in [0.25, 0.3) is 0 Å². The highest BCUT2D eigenvalue weighted by atomic mass is 35.5. The monoisotopic (exact) mass is 266 g/mol. The molecule has 0 radical (unpaired) electrons. The molecule has 0 spiro atoms. The summed E-state index contributed by atoms with van der Waals surface area (Å²) in [6.07, 6.45) is 3.33. The van der Waals surface area contributed by atoms with Crippen LogP contribution in [0.15, 0.2) is 36.7 Å². The molecule has 0 bridgehead atoms. The van der Waals surface area contributed by atoms with E-state index < -0.39 is 5.82 Å². The molecule has 1 aromatic carbocycles. The molecule has 0 fully saturated rings. The lowest BCUT2D eigenvalue weighted by atomic mass is 10.3. The molecule has 3 nitrogen and oxygen atoms in total. The maximum absolute atomic E-state index is 12.9. The van der Waals surface area contributed by atoms with E-state index in [-0.39, 0.29) is 5.02 Å². The molecule has 1 heterocycles. The van der Waals surface area contributed by atoms with E-state index in [1.54, 1.807) is 12.4 Å². The predicted octanol–water partition coefficient (Wildman–Crippen LogP) is 3.39. The lowest BCUT2D eigenvalue weighted by Crippen LogP contribution is -2.05. The van der Waals surface area contributed by atoms with E-state index in [1.165, 1.54) is 18.2 Å². The van der Waals surface area contributed by atoms with Crippen molar-refractivity contribution in [2.45, 2.75) is 6.54 Å². The Hall–Kier alpha value is -1.65. The van der Waals surface area contributed by atoms with Gasteiger partial charge in [0, 0.05) is 12.7 Å². The minimum atomic E-state index is -0.394. The van der Waals surface area contributed by atoms with E-state index in [9.17, 15) is 4.39 Å². The van der Waals surface area contributed by atoms with Gasteiger partial charge < -0.3 is 10.1 Å². The molecule has 0 amide bonds. The van der Waals surface area contributed by atoms with E-state index in [0.717, 1.165) is 5.56 Å². The number of nitrogens with one attached hydrogen (secondary N) is 1. The van der Waals surface area contributed by atoms with Crippen molar-refractivity contribution in [3.8, 4) is 11.5 Å². The van der Waals surface area contributed by atoms with Crippen LogP contribution in [-0.2, 0) is 6.54 Å². The molecule has 0 aliphatic rings. The molecule has 0 atom stereocenters. The summed E-state index contributed by atoms with van der Waals surface area (Å²) in [6.45, 7) is 0.696. The van der Waals surface area contributed by atoms with Gasteiger partial charge in [0.1, 0.15) is 17.3 Å². The topological polar surface area (TPSA) is 34.2 Å². The molecule has 0 unspecified atom stereocenters. The average Bonchev–Trinajstić information content (AvgIpc) is 2.34. The highest BCUT2D eigenvalue weighted by Gasteiger charge is 2.05. The van der Waals surface area contributed by atoms with Gasteiger partial charge in [0.05, 0.1) is 11.2 Å². The Labute approximate surface area is 110 Å². The second-order valence-corrected chi connectivity index (χ2v) is 4.14. The Morgan fingerprint density at radius 1 is 1.33 bits per heavy atom. The summed E-state index contributed by atoms with van der Waals surface area (Å²) in [7, 11) is 1.85. The SMILES string of the molecule is CNCc1cncc(Oc2ccc(F)cc2Cl)c1. The Morgan fingerprint density at radius 3 is 2.89 bits per heavy atom. The molecule has 0 aliphatic heterocycles. The van der Waals surface area contributed by atoms with Gasteiger partial charge in [-0.05, 0) is 36.9 Å². The Balaban J connectivity index is 2.20. The number of rotatable bonds is 4. The van der Waals surface area contributed by atoms with Crippen molar-refractivity contribution in [2.24, 2.45) is 0 Å². The fourth-order valence-electron chi connectivity index (χ4n) is 1.51. The van der Waals surface area contributed by atoms with Crippen LogP contribution in [0.1, 0.15) is 5.56 Å². The van der Waals surface area contributed by atoms with Crippen LogP contribution < -0.4 is 10.1 Å². The Morgan fingerprint density at radius 2 is 2.17 bits per heavy atom. The number of ether oxygens (including phenoxy) is 1. The Kier molecular flexibility index (Phi) is 4.12. The molecule has 18 heavy (non-hydrogen) atoms. The number of aromatic nitrogens is 1. The third-order valence-electron chi connectivity index (χ3n) is 2.27. The second kappa shape index (κ2) is 5.80. The largest absolute Gasteiger partial charge is 0.454 e. The zero-order valence-corrected chi connectivity index (χ0v) is 10.5. The number of pyridine rings is 1. The fourth-order valence-corrected chi connectivity index (χ4v) is 1.71. The van der Waals surface area contributed by atoms with E-state index in [2.05, 4.69) is 10.3 Å². The van der Waals surface area contributed by atoms with Gasteiger partial charge in [-0.15, -0.1) is 0 Å². The van der Waals surface area contributed by atoms with Gasteiger partial charge in [-0.25, -0.2) is 4.39 Å². The summed E-state index contributed by atoms with van der Waals surface area (Å²) < 4.78 is 18.5. The quantitative estimate of drug-likeness (QED) is 0.921. The van der Waals surface area contributed by atoms with Gasteiger partial charge in [-0.3, -0.25) is 4.98 Å². The first-order valence-electron chi connectivity index (χ1n) is 5.40. The van der Waals surface area contributed by atoms with Crippen LogP contribution in [0.5, 0.6) is 11.5 Å². The smallest absolute Gasteiger partial charge is 0.146 e. The molecule has 2 rings (SSSR count). The van der Waals surface area contributed by atoms with E-state index >= 15 is 0 Å². The minimum absolute atomic E-state index is 0.231. The average molecular weight is 267 g/mol. The van der Waals surface area contributed by atoms with Crippen LogP contribution in [0.4, 0.5) is 4.39 Å². The molecular formula is C13H12ClFN2O. The normalized spacial score (nSPS) is 10.4. The molecule has 0 saturated heterocycles. The molecular weight excluding hydrogens is 255 g/mol. The van der Waals surface area contributed by atoms with Crippen LogP contribution in [0, 0.1) is 5.82 Å². The molecule has 1 N–H and O–H groups in total. The first-order chi connectivity index (χ1) is 8.69. The number of benzene rings is 1. The summed E-state index contributed by atoms with van der Waals surface area (Å²) in [6, 6.07) is 5.85. The molecule has 0 saturated carbocycles. The summed E-state index contributed by atoms with van der Waals surface area (Å²) >= 11 is 5.88. The summed E-state index contributed by atoms with van der Waals surface area (Å²) in [5.74, 6) is 0.576. The standard InChI is InChI=1S/C13H12ClFN2O/c1-16-6-9-4-11(8-17-7-9)18-13-3-2-10(15)5-12(13)14/h2-5,7-8,16H,6H2,1H3. The van der Waals surface area contributed by atoms with Crippen LogP contribution in [0.25, 0.3) is 0 Å². The highest BCUT2D eigenvalue weighted by Crippen LogP contribution is 2.29. The van der Waals surface area contributed by atoms with Gasteiger partial charge in [-0.2, -0.15) is 0 Å². The third-order valence-corrected chi connectivity index (χ3v) is 2.57. The second-order valence-electron chi connectivity index (χ2n) is 3.74. The van der Waals surface area contributed by atoms with Crippen molar-refractivity contribution < 1.29 is 9.13 Å². The third kappa shape index (κ3) is 3.18. The van der Waals surface area contributed by atoms with Crippen molar-refractivity contribution in [2.75, 3.05) is 7.05 Å². The van der Waals surface area contributed by atoms with Crippen molar-refractivity contribution in [1.82, 2.24) is 10.3 Å². The van der Waals surface area contributed by atoms with Gasteiger partial charge in [0.15, 0.2) is 0 Å². The van der Waals surface area contributed by atoms with E-state index in [4.69, 9.17) is 16.3 Å². The summed E-state index contributed by atoms with van der Waals surface area (Å²) in [5, 5.41) is 3.25. The van der Waals surface area contributed by atoms with Crippen LogP contribution in [0.3, 0.4) is 0 Å². The molecule has 0 aliphatic carbocycles. The predicted molar refractivity (Wildman–Crippen MR) is 68.5 cm³/mol. The maximum Gasteiger partial charge on any atom is 0.146 e. The lowest BCUT2D eigenvalue weighted by molar-refractivity contribution is 0.477. The number of hydrogen-bond acceptors (Lipinski definition) is 3. The summed E-state index contributed by atoms with van der Waals surface area (Å²) in [4.78, 5) is 4.06. The van der Waals surface area contributed by atoms with E-state index in [0.29, 0.717) is 18.0 Å². The van der Waals surface area contributed by atoms with Gasteiger partial charge in [0.2, 0.25) is 0 Å². The number of nitrogens with zero attached hydrogens (tertiary/aromatic N) is 1. The van der Waals surface area contributed by atoms with Crippen molar-refractivity contribution in [3.05, 3.63) is 53.1 Å². The zero-order valence-electron chi connectivity index (χ0n) is 9.78. The van der Waals surface area contributed by atoms with Crippen molar-refractivity contribution in [1.29, 1.82) is 0 Å². The van der Waals surface area contributed by atoms with Crippen molar-refractivity contribution >= 4 is 11.6 Å². The first kappa shape index (κ1) is 12.8. The molecule has 5 heteroatoms. The first-order valence-corrected chi connectivity index (χ1v) is 5.78. The van der Waals surface area contributed by atoms with Crippen LogP contribution >= 0.6 is 11.6 Å². The molecule has 94 valence electrons. The minimum Gasteiger partial charge on any atom is -0.454 e. The number of hydrogen-bond donors (Lipinski definition) is 1. The fraction of sp³-hybridized carbons (Fsp3) is 0.154. The Bertz CT molecular complexity index is 548. The maximum atomic E-state index is 12.9. The van der Waals surface area contributed by atoms with Crippen LogP contribution in [-0.4, -0.2) is 12.0 Å². The molecule has 1 aromatic heterocycles. The molecule has 2 aromatic rings. The highest BCUT2D eigenvalue weighted by molar-refractivity contribution is 6.32. The van der Waals surface area contributed by atoms with Gasteiger partial charge >= 0.3 is 0 Å². The number of halogens is 2. The van der Waals surface area contributed by atoms with Gasteiger partial charge in [-0.1, -0.05) is 11.6 Å². The lowest BCUT2D eigenvalue weighted by Gasteiger charge is -2.08. The van der Waals surface area contributed by atoms with Crippen molar-refractivity contribution in [3.63, 3.8) is 0 Å².